The van der Waals surface area contributed by atoms with Crippen molar-refractivity contribution in [1.82, 2.24) is 9.55 Å². The van der Waals surface area contributed by atoms with Crippen LogP contribution in [0.25, 0.3) is 11.0 Å². The zero-order valence-electron chi connectivity index (χ0n) is 12.4. The topological polar surface area (TPSA) is 43.8 Å². The highest BCUT2D eigenvalue weighted by molar-refractivity contribution is 5.77. The van der Waals surface area contributed by atoms with Crippen LogP contribution >= 0.6 is 0 Å². The Morgan fingerprint density at radius 3 is 2.57 bits per heavy atom. The third kappa shape index (κ3) is 2.83. The summed E-state index contributed by atoms with van der Waals surface area (Å²) in [6, 6.07) is 17.1. The van der Waals surface area contributed by atoms with Gasteiger partial charge in [0.15, 0.2) is 0 Å². The van der Waals surface area contributed by atoms with Crippen molar-refractivity contribution in [2.75, 3.05) is 6.54 Å². The highest BCUT2D eigenvalue weighted by Crippen LogP contribution is 2.20. The average Bonchev–Trinajstić information content (AvgIpc) is 2.85. The zero-order valence-corrected chi connectivity index (χ0v) is 12.4. The smallest absolute Gasteiger partial charge is 0.111 e. The van der Waals surface area contributed by atoms with E-state index >= 15 is 0 Å². The fourth-order valence-corrected chi connectivity index (χ4v) is 2.71. The summed E-state index contributed by atoms with van der Waals surface area (Å²) in [4.78, 5) is 4.79. The molecular formula is C18H21N3. The minimum atomic E-state index is 0.624. The van der Waals surface area contributed by atoms with Gasteiger partial charge < -0.3 is 10.3 Å². The quantitative estimate of drug-likeness (QED) is 0.779. The maximum Gasteiger partial charge on any atom is 0.111 e. The second-order valence-corrected chi connectivity index (χ2v) is 5.32. The highest BCUT2D eigenvalue weighted by Gasteiger charge is 2.11. The Kier molecular flexibility index (Phi) is 4.02. The molecule has 108 valence electrons. The van der Waals surface area contributed by atoms with Gasteiger partial charge in [-0.1, -0.05) is 43.3 Å². The molecule has 0 aliphatic carbocycles. The van der Waals surface area contributed by atoms with Crippen molar-refractivity contribution in [3.8, 4) is 0 Å². The monoisotopic (exact) mass is 279 g/mol. The summed E-state index contributed by atoms with van der Waals surface area (Å²) in [7, 11) is 0. The molecule has 1 heterocycles. The van der Waals surface area contributed by atoms with Gasteiger partial charge in [-0.25, -0.2) is 4.98 Å². The Labute approximate surface area is 125 Å². The van der Waals surface area contributed by atoms with E-state index in [0.29, 0.717) is 6.54 Å². The van der Waals surface area contributed by atoms with Crippen molar-refractivity contribution in [2.24, 2.45) is 5.73 Å². The lowest BCUT2D eigenvalue weighted by atomic mass is 10.1. The summed E-state index contributed by atoms with van der Waals surface area (Å²) in [5, 5.41) is 0. The van der Waals surface area contributed by atoms with E-state index < -0.39 is 0 Å². The van der Waals surface area contributed by atoms with Gasteiger partial charge in [0, 0.05) is 13.0 Å². The van der Waals surface area contributed by atoms with Crippen molar-refractivity contribution < 1.29 is 0 Å². The van der Waals surface area contributed by atoms with Crippen molar-refractivity contribution in [1.29, 1.82) is 0 Å². The first-order chi connectivity index (χ1) is 10.3. The van der Waals surface area contributed by atoms with Crippen molar-refractivity contribution in [2.45, 2.75) is 26.3 Å². The maximum absolute atomic E-state index is 5.75. The Morgan fingerprint density at radius 2 is 1.86 bits per heavy atom. The Morgan fingerprint density at radius 1 is 1.05 bits per heavy atom. The predicted molar refractivity (Wildman–Crippen MR) is 87.4 cm³/mol. The number of aryl methyl sites for hydroxylation is 1. The molecule has 0 spiro atoms. The van der Waals surface area contributed by atoms with E-state index in [9.17, 15) is 0 Å². The van der Waals surface area contributed by atoms with Crippen molar-refractivity contribution in [3.63, 3.8) is 0 Å². The fourth-order valence-electron chi connectivity index (χ4n) is 2.71. The minimum absolute atomic E-state index is 0.624. The maximum atomic E-state index is 5.75. The van der Waals surface area contributed by atoms with Crippen LogP contribution in [0.3, 0.4) is 0 Å². The second-order valence-electron chi connectivity index (χ2n) is 5.32. The first kappa shape index (κ1) is 13.8. The number of hydrogen-bond donors (Lipinski definition) is 1. The normalized spacial score (nSPS) is 11.1. The van der Waals surface area contributed by atoms with E-state index in [-0.39, 0.29) is 0 Å². The van der Waals surface area contributed by atoms with E-state index in [2.05, 4.69) is 54.0 Å². The zero-order chi connectivity index (χ0) is 14.7. The predicted octanol–water partition coefficient (Wildman–Crippen LogP) is 3.15. The summed E-state index contributed by atoms with van der Waals surface area (Å²) in [5.41, 5.74) is 10.6. The molecule has 1 aromatic heterocycles. The molecule has 3 nitrogen and oxygen atoms in total. The highest BCUT2D eigenvalue weighted by atomic mass is 15.1. The van der Waals surface area contributed by atoms with Crippen LogP contribution in [-0.2, 0) is 19.4 Å². The summed E-state index contributed by atoms with van der Waals surface area (Å²) >= 11 is 0. The van der Waals surface area contributed by atoms with Crippen LogP contribution in [0.15, 0.2) is 48.5 Å². The molecule has 21 heavy (non-hydrogen) atoms. The van der Waals surface area contributed by atoms with Gasteiger partial charge in [0.25, 0.3) is 0 Å². The summed E-state index contributed by atoms with van der Waals surface area (Å²) in [6.45, 7) is 3.64. The molecule has 0 unspecified atom stereocenters. The Hall–Kier alpha value is -2.13. The molecule has 0 aliphatic heterocycles. The molecule has 0 aliphatic rings. The summed E-state index contributed by atoms with van der Waals surface area (Å²) in [6.07, 6.45) is 1.84. The average molecular weight is 279 g/mol. The molecule has 0 bridgehead atoms. The molecule has 3 rings (SSSR count). The van der Waals surface area contributed by atoms with E-state index in [4.69, 9.17) is 10.7 Å². The van der Waals surface area contributed by atoms with Crippen LogP contribution in [0, 0.1) is 0 Å². The standard InChI is InChI=1S/C18H21N3/c1-2-14-8-9-17-16(12-14)20-18(10-11-19)21(17)13-15-6-4-3-5-7-15/h3-9,12H,2,10-11,13,19H2,1H3. The van der Waals surface area contributed by atoms with Crippen molar-refractivity contribution >= 4 is 11.0 Å². The Bertz CT molecular complexity index is 729. The third-order valence-electron chi connectivity index (χ3n) is 3.85. The van der Waals surface area contributed by atoms with E-state index in [1.54, 1.807) is 0 Å². The molecule has 0 amide bonds. The van der Waals surface area contributed by atoms with Gasteiger partial charge in [-0.05, 0) is 36.2 Å². The van der Waals surface area contributed by atoms with Gasteiger partial charge in [-0.3, -0.25) is 0 Å². The lowest BCUT2D eigenvalue weighted by Gasteiger charge is -2.09. The number of rotatable bonds is 5. The van der Waals surface area contributed by atoms with Gasteiger partial charge >= 0.3 is 0 Å². The van der Waals surface area contributed by atoms with Gasteiger partial charge in [0.2, 0.25) is 0 Å². The van der Waals surface area contributed by atoms with Crippen molar-refractivity contribution in [3.05, 3.63) is 65.5 Å². The van der Waals surface area contributed by atoms with E-state index in [0.717, 1.165) is 30.7 Å². The molecule has 0 fully saturated rings. The van der Waals surface area contributed by atoms with Crippen LogP contribution in [0.4, 0.5) is 0 Å². The van der Waals surface area contributed by atoms with Crippen LogP contribution in [0.1, 0.15) is 23.9 Å². The summed E-state index contributed by atoms with van der Waals surface area (Å²) in [5.74, 6) is 1.07. The number of hydrogen-bond acceptors (Lipinski definition) is 2. The molecule has 0 atom stereocenters. The molecule has 2 N–H and O–H groups in total. The molecule has 3 aromatic rings. The Balaban J connectivity index is 2.07. The number of imidazole rings is 1. The van der Waals surface area contributed by atoms with Crippen LogP contribution in [0.5, 0.6) is 0 Å². The van der Waals surface area contributed by atoms with Crippen LogP contribution < -0.4 is 5.73 Å². The number of aromatic nitrogens is 2. The first-order valence-corrected chi connectivity index (χ1v) is 7.54. The number of nitrogens with zero attached hydrogens (tertiary/aromatic N) is 2. The SMILES string of the molecule is CCc1ccc2c(c1)nc(CCN)n2Cc1ccccc1. The lowest BCUT2D eigenvalue weighted by Crippen LogP contribution is -2.10. The number of fused-ring (bicyclic) bond motifs is 1. The van der Waals surface area contributed by atoms with Gasteiger partial charge in [-0.15, -0.1) is 0 Å². The molecule has 0 saturated carbocycles. The third-order valence-corrected chi connectivity index (χ3v) is 3.85. The lowest BCUT2D eigenvalue weighted by molar-refractivity contribution is 0.735. The number of nitrogens with two attached hydrogens (primary N) is 1. The molecule has 0 radical (unpaired) electrons. The van der Waals surface area contributed by atoms with Gasteiger partial charge in [0.05, 0.1) is 11.0 Å². The molecular weight excluding hydrogens is 258 g/mol. The van der Waals surface area contributed by atoms with Crippen LogP contribution in [-0.4, -0.2) is 16.1 Å². The molecule has 3 heteroatoms. The summed E-state index contributed by atoms with van der Waals surface area (Å²) < 4.78 is 2.29. The molecule has 0 saturated heterocycles. The van der Waals surface area contributed by atoms with E-state index in [1.807, 2.05) is 6.07 Å². The molecule has 2 aromatic carbocycles. The second kappa shape index (κ2) is 6.10. The minimum Gasteiger partial charge on any atom is -0.330 e. The largest absolute Gasteiger partial charge is 0.330 e. The number of benzene rings is 2. The van der Waals surface area contributed by atoms with Gasteiger partial charge in [0.1, 0.15) is 5.82 Å². The first-order valence-electron chi connectivity index (χ1n) is 7.54. The van der Waals surface area contributed by atoms with Gasteiger partial charge in [-0.2, -0.15) is 0 Å². The van der Waals surface area contributed by atoms with E-state index in [1.165, 1.54) is 16.6 Å². The fraction of sp³-hybridized carbons (Fsp3) is 0.278. The van der Waals surface area contributed by atoms with Crippen LogP contribution in [0.2, 0.25) is 0 Å².